The van der Waals surface area contributed by atoms with Gasteiger partial charge in [0.2, 0.25) is 5.91 Å². The molecular formula is C16H10BrCl2NO2. The number of amides is 1. The van der Waals surface area contributed by atoms with Crippen LogP contribution in [0.15, 0.2) is 51.6 Å². The standard InChI is InChI=1S/C16H10BrCl2NO2/c17-10-1-4-15-12(6-10)9(8-22-15)5-16(21)20-14-7-11(18)2-3-13(14)19/h1-4,6-8H,5H2,(H,20,21). The first-order valence-electron chi connectivity index (χ1n) is 6.43. The number of carbonyl (C=O) groups excluding carboxylic acids is 1. The number of nitrogens with one attached hydrogen (secondary N) is 1. The lowest BCUT2D eigenvalue weighted by Crippen LogP contribution is -2.14. The van der Waals surface area contributed by atoms with Gasteiger partial charge in [0, 0.05) is 20.4 Å². The molecule has 0 saturated carbocycles. The molecule has 0 aliphatic rings. The summed E-state index contributed by atoms with van der Waals surface area (Å²) in [6, 6.07) is 10.6. The van der Waals surface area contributed by atoms with Crippen molar-refractivity contribution in [3.05, 3.63) is 62.7 Å². The van der Waals surface area contributed by atoms with E-state index in [1.165, 1.54) is 0 Å². The minimum atomic E-state index is -0.188. The Balaban J connectivity index is 1.81. The van der Waals surface area contributed by atoms with E-state index >= 15 is 0 Å². The largest absolute Gasteiger partial charge is 0.464 e. The minimum absolute atomic E-state index is 0.187. The van der Waals surface area contributed by atoms with Gasteiger partial charge in [0.05, 0.1) is 23.4 Å². The van der Waals surface area contributed by atoms with Crippen molar-refractivity contribution >= 4 is 61.7 Å². The lowest BCUT2D eigenvalue weighted by molar-refractivity contribution is -0.115. The van der Waals surface area contributed by atoms with E-state index < -0.39 is 0 Å². The number of furan rings is 1. The van der Waals surface area contributed by atoms with Gasteiger partial charge in [0.1, 0.15) is 5.58 Å². The summed E-state index contributed by atoms with van der Waals surface area (Å²) in [6.07, 6.45) is 1.78. The van der Waals surface area contributed by atoms with E-state index in [-0.39, 0.29) is 12.3 Å². The fourth-order valence-corrected chi connectivity index (χ4v) is 2.85. The zero-order valence-corrected chi connectivity index (χ0v) is 14.3. The highest BCUT2D eigenvalue weighted by Gasteiger charge is 2.12. The maximum Gasteiger partial charge on any atom is 0.228 e. The minimum Gasteiger partial charge on any atom is -0.464 e. The Morgan fingerprint density at radius 2 is 2.00 bits per heavy atom. The third-order valence-electron chi connectivity index (χ3n) is 3.17. The van der Waals surface area contributed by atoms with Gasteiger partial charge in [-0.2, -0.15) is 0 Å². The van der Waals surface area contributed by atoms with Crippen LogP contribution in [0.1, 0.15) is 5.56 Å². The lowest BCUT2D eigenvalue weighted by atomic mass is 10.1. The van der Waals surface area contributed by atoms with Crippen molar-refractivity contribution in [1.82, 2.24) is 0 Å². The second-order valence-electron chi connectivity index (χ2n) is 4.75. The molecule has 6 heteroatoms. The molecule has 3 nitrogen and oxygen atoms in total. The van der Waals surface area contributed by atoms with Gasteiger partial charge in [0.25, 0.3) is 0 Å². The quantitative estimate of drug-likeness (QED) is 0.616. The lowest BCUT2D eigenvalue weighted by Gasteiger charge is -2.07. The Labute approximate surface area is 145 Å². The van der Waals surface area contributed by atoms with Crippen molar-refractivity contribution in [2.24, 2.45) is 0 Å². The van der Waals surface area contributed by atoms with Crippen LogP contribution in [0, 0.1) is 0 Å². The molecule has 0 spiro atoms. The van der Waals surface area contributed by atoms with Gasteiger partial charge in [-0.25, -0.2) is 0 Å². The predicted octanol–water partition coefficient (Wildman–Crippen LogP) is 5.68. The highest BCUT2D eigenvalue weighted by Crippen LogP contribution is 2.27. The first-order chi connectivity index (χ1) is 10.5. The third-order valence-corrected chi connectivity index (χ3v) is 4.23. The number of benzene rings is 2. The molecule has 3 rings (SSSR count). The van der Waals surface area contributed by atoms with Crippen LogP contribution in [0.2, 0.25) is 10.0 Å². The third kappa shape index (κ3) is 3.29. The normalized spacial score (nSPS) is 10.9. The summed E-state index contributed by atoms with van der Waals surface area (Å²) < 4.78 is 6.38. The summed E-state index contributed by atoms with van der Waals surface area (Å²) >= 11 is 15.4. The van der Waals surface area contributed by atoms with E-state index in [4.69, 9.17) is 27.6 Å². The Morgan fingerprint density at radius 1 is 1.18 bits per heavy atom. The molecule has 3 aromatic rings. The second kappa shape index (κ2) is 6.32. The number of hydrogen-bond acceptors (Lipinski definition) is 2. The molecule has 1 aromatic heterocycles. The summed E-state index contributed by atoms with van der Waals surface area (Å²) in [5.74, 6) is -0.188. The number of anilines is 1. The van der Waals surface area contributed by atoms with Crippen LogP contribution in [-0.2, 0) is 11.2 Å². The first-order valence-corrected chi connectivity index (χ1v) is 7.98. The Bertz CT molecular complexity index is 860. The molecule has 0 atom stereocenters. The van der Waals surface area contributed by atoms with Gasteiger partial charge in [-0.15, -0.1) is 0 Å². The smallest absolute Gasteiger partial charge is 0.228 e. The number of carbonyl (C=O) groups is 1. The van der Waals surface area contributed by atoms with Gasteiger partial charge < -0.3 is 9.73 Å². The maximum atomic E-state index is 12.2. The monoisotopic (exact) mass is 397 g/mol. The number of fused-ring (bicyclic) bond motifs is 1. The number of rotatable bonds is 3. The van der Waals surface area contributed by atoms with Crippen LogP contribution >= 0.6 is 39.1 Å². The molecule has 0 aliphatic heterocycles. The fraction of sp³-hybridized carbons (Fsp3) is 0.0625. The Hall–Kier alpha value is -1.49. The zero-order valence-electron chi connectivity index (χ0n) is 11.2. The Morgan fingerprint density at radius 3 is 2.82 bits per heavy atom. The van der Waals surface area contributed by atoms with Crippen LogP contribution in [-0.4, -0.2) is 5.91 Å². The van der Waals surface area contributed by atoms with Crippen LogP contribution in [0.25, 0.3) is 11.0 Å². The molecule has 0 bridgehead atoms. The summed E-state index contributed by atoms with van der Waals surface area (Å²) in [4.78, 5) is 12.2. The Kier molecular flexibility index (Phi) is 4.43. The van der Waals surface area contributed by atoms with Gasteiger partial charge in [-0.1, -0.05) is 39.1 Å². The van der Waals surface area contributed by atoms with Gasteiger partial charge in [-0.3, -0.25) is 4.79 Å². The number of hydrogen-bond donors (Lipinski definition) is 1. The van der Waals surface area contributed by atoms with Crippen molar-refractivity contribution < 1.29 is 9.21 Å². The van der Waals surface area contributed by atoms with Crippen LogP contribution in [0.5, 0.6) is 0 Å². The molecule has 0 radical (unpaired) electrons. The van der Waals surface area contributed by atoms with E-state index in [0.717, 1.165) is 21.0 Å². The molecule has 0 fully saturated rings. The molecule has 112 valence electrons. The van der Waals surface area contributed by atoms with Gasteiger partial charge in [-0.05, 0) is 36.4 Å². The van der Waals surface area contributed by atoms with E-state index in [1.807, 2.05) is 18.2 Å². The average molecular weight is 399 g/mol. The maximum absolute atomic E-state index is 12.2. The molecule has 0 unspecified atom stereocenters. The van der Waals surface area contributed by atoms with E-state index in [1.54, 1.807) is 24.5 Å². The van der Waals surface area contributed by atoms with E-state index in [0.29, 0.717) is 15.7 Å². The topological polar surface area (TPSA) is 42.2 Å². The highest BCUT2D eigenvalue weighted by atomic mass is 79.9. The van der Waals surface area contributed by atoms with Gasteiger partial charge in [0.15, 0.2) is 0 Å². The average Bonchev–Trinajstić information content (AvgIpc) is 2.85. The molecule has 2 aromatic carbocycles. The molecule has 22 heavy (non-hydrogen) atoms. The second-order valence-corrected chi connectivity index (χ2v) is 6.51. The molecule has 0 saturated heterocycles. The van der Waals surface area contributed by atoms with E-state index in [2.05, 4.69) is 21.2 Å². The van der Waals surface area contributed by atoms with E-state index in [9.17, 15) is 4.79 Å². The highest BCUT2D eigenvalue weighted by molar-refractivity contribution is 9.10. The summed E-state index contributed by atoms with van der Waals surface area (Å²) in [7, 11) is 0. The molecule has 1 heterocycles. The van der Waals surface area contributed by atoms with Crippen molar-refractivity contribution in [2.75, 3.05) is 5.32 Å². The predicted molar refractivity (Wildman–Crippen MR) is 92.7 cm³/mol. The summed E-state index contributed by atoms with van der Waals surface area (Å²) in [5, 5.41) is 4.62. The van der Waals surface area contributed by atoms with Crippen molar-refractivity contribution in [3.63, 3.8) is 0 Å². The molecular weight excluding hydrogens is 389 g/mol. The molecule has 1 amide bonds. The van der Waals surface area contributed by atoms with Gasteiger partial charge >= 0.3 is 0 Å². The molecule has 1 N–H and O–H groups in total. The van der Waals surface area contributed by atoms with Crippen molar-refractivity contribution in [1.29, 1.82) is 0 Å². The summed E-state index contributed by atoms with van der Waals surface area (Å²) in [6.45, 7) is 0. The summed E-state index contributed by atoms with van der Waals surface area (Å²) in [5.41, 5.74) is 2.05. The molecule has 0 aliphatic carbocycles. The first kappa shape index (κ1) is 15.4. The van der Waals surface area contributed by atoms with Crippen LogP contribution in [0.3, 0.4) is 0 Å². The zero-order chi connectivity index (χ0) is 15.7. The van der Waals surface area contributed by atoms with Crippen molar-refractivity contribution in [3.8, 4) is 0 Å². The SMILES string of the molecule is O=C(Cc1coc2ccc(Br)cc12)Nc1cc(Cl)ccc1Cl. The van der Waals surface area contributed by atoms with Crippen LogP contribution in [0.4, 0.5) is 5.69 Å². The fourth-order valence-electron chi connectivity index (χ4n) is 2.15. The van der Waals surface area contributed by atoms with Crippen molar-refractivity contribution in [2.45, 2.75) is 6.42 Å². The number of halogens is 3. The van der Waals surface area contributed by atoms with Crippen LogP contribution < -0.4 is 5.32 Å².